The molecule has 3 N–H and O–H groups in total. The number of nitrogen functional groups attached to an aromatic ring is 1. The third-order valence-corrected chi connectivity index (χ3v) is 3.31. The maximum absolute atomic E-state index is 5.84. The Morgan fingerprint density at radius 1 is 1.39 bits per heavy atom. The highest BCUT2D eigenvalue weighted by molar-refractivity contribution is 5.86. The lowest BCUT2D eigenvalue weighted by Crippen LogP contribution is -2.02. The van der Waals surface area contributed by atoms with Gasteiger partial charge in [-0.2, -0.15) is 4.98 Å². The molecular formula is C14H17N3O. The summed E-state index contributed by atoms with van der Waals surface area (Å²) in [5.41, 5.74) is 9.50. The Balaban J connectivity index is 1.65. The topological polar surface area (TPSA) is 64.1 Å². The van der Waals surface area contributed by atoms with Crippen LogP contribution >= 0.6 is 0 Å². The van der Waals surface area contributed by atoms with Crippen molar-refractivity contribution in [1.29, 1.82) is 0 Å². The number of hydrogen-bond acceptors (Lipinski definition) is 4. The van der Waals surface area contributed by atoms with Crippen molar-refractivity contribution < 1.29 is 4.42 Å². The van der Waals surface area contributed by atoms with Gasteiger partial charge in [-0.3, -0.25) is 0 Å². The average molecular weight is 243 g/mol. The van der Waals surface area contributed by atoms with E-state index in [4.69, 9.17) is 10.2 Å². The second kappa shape index (κ2) is 4.72. The van der Waals surface area contributed by atoms with E-state index in [0.717, 1.165) is 24.1 Å². The molecule has 4 nitrogen and oxygen atoms in total. The largest absolute Gasteiger partial charge is 0.423 e. The van der Waals surface area contributed by atoms with Gasteiger partial charge in [-0.25, -0.2) is 0 Å². The van der Waals surface area contributed by atoms with Crippen LogP contribution in [-0.4, -0.2) is 11.5 Å². The van der Waals surface area contributed by atoms with Gasteiger partial charge in [0.05, 0.1) is 5.69 Å². The third-order valence-electron chi connectivity index (χ3n) is 3.31. The minimum Gasteiger partial charge on any atom is -0.423 e. The number of nitrogens with two attached hydrogens (primary N) is 1. The van der Waals surface area contributed by atoms with E-state index >= 15 is 0 Å². The molecule has 94 valence electrons. The van der Waals surface area contributed by atoms with Crippen molar-refractivity contribution in [3.63, 3.8) is 0 Å². The van der Waals surface area contributed by atoms with Crippen LogP contribution in [0.5, 0.6) is 0 Å². The van der Waals surface area contributed by atoms with Crippen LogP contribution in [0.2, 0.25) is 0 Å². The zero-order valence-electron chi connectivity index (χ0n) is 10.3. The van der Waals surface area contributed by atoms with E-state index in [9.17, 15) is 0 Å². The predicted molar refractivity (Wildman–Crippen MR) is 73.5 cm³/mol. The Morgan fingerprint density at radius 3 is 3.11 bits per heavy atom. The summed E-state index contributed by atoms with van der Waals surface area (Å²) in [6.07, 6.45) is 7.17. The van der Waals surface area contributed by atoms with Gasteiger partial charge >= 0.3 is 0 Å². The van der Waals surface area contributed by atoms with E-state index in [-0.39, 0.29) is 0 Å². The lowest BCUT2D eigenvalue weighted by Gasteiger charge is -2.02. The lowest BCUT2D eigenvalue weighted by molar-refractivity contribution is 0.614. The number of hydrogen-bond donors (Lipinski definition) is 2. The molecule has 1 aliphatic rings. The van der Waals surface area contributed by atoms with E-state index in [0.29, 0.717) is 11.7 Å². The number of oxazole rings is 1. The Hall–Kier alpha value is -1.97. The molecule has 0 bridgehead atoms. The van der Waals surface area contributed by atoms with Gasteiger partial charge in [0.25, 0.3) is 6.01 Å². The molecule has 1 aromatic carbocycles. The Bertz CT molecular complexity index is 586. The summed E-state index contributed by atoms with van der Waals surface area (Å²) >= 11 is 0. The highest BCUT2D eigenvalue weighted by Crippen LogP contribution is 2.24. The molecule has 1 aliphatic carbocycles. The van der Waals surface area contributed by atoms with E-state index in [1.54, 1.807) is 0 Å². The van der Waals surface area contributed by atoms with Crippen molar-refractivity contribution in [2.75, 3.05) is 17.6 Å². The quantitative estimate of drug-likeness (QED) is 0.638. The number of nitrogens with one attached hydrogen (secondary N) is 1. The Labute approximate surface area is 106 Å². The molecule has 4 heteroatoms. The second-order valence-corrected chi connectivity index (χ2v) is 4.64. The summed E-state index contributed by atoms with van der Waals surface area (Å²) < 4.78 is 5.59. The van der Waals surface area contributed by atoms with Crippen molar-refractivity contribution in [3.8, 4) is 0 Å². The minimum atomic E-state index is 0.557. The maximum Gasteiger partial charge on any atom is 0.295 e. The van der Waals surface area contributed by atoms with E-state index in [1.807, 2.05) is 18.2 Å². The summed E-state index contributed by atoms with van der Waals surface area (Å²) in [5, 5.41) is 3.21. The fourth-order valence-electron chi connectivity index (χ4n) is 2.34. The minimum absolute atomic E-state index is 0.557. The molecule has 0 amide bonds. The predicted octanol–water partition coefficient (Wildman–Crippen LogP) is 3.32. The third kappa shape index (κ3) is 2.18. The van der Waals surface area contributed by atoms with Crippen molar-refractivity contribution in [3.05, 3.63) is 29.8 Å². The molecule has 2 aromatic rings. The van der Waals surface area contributed by atoms with E-state index in [1.165, 1.54) is 24.8 Å². The van der Waals surface area contributed by atoms with Gasteiger partial charge in [0.15, 0.2) is 5.58 Å². The molecule has 0 atom stereocenters. The summed E-state index contributed by atoms with van der Waals surface area (Å²) in [5.74, 6) is 0. The van der Waals surface area contributed by atoms with Crippen molar-refractivity contribution in [2.24, 2.45) is 0 Å². The van der Waals surface area contributed by atoms with Gasteiger partial charge in [0.2, 0.25) is 0 Å². The first kappa shape index (κ1) is 11.1. The monoisotopic (exact) mass is 243 g/mol. The average Bonchev–Trinajstić information content (AvgIpc) is 2.98. The molecule has 0 unspecified atom stereocenters. The molecule has 0 fully saturated rings. The number of para-hydroxylation sites is 1. The summed E-state index contributed by atoms with van der Waals surface area (Å²) in [6, 6.07) is 6.14. The standard InChI is InChI=1S/C14H17N3O/c15-11-6-3-7-12-13(11)17-14(18-12)16-9-8-10-4-1-2-5-10/h3-4,6-7H,1-2,5,8-9,15H2,(H,16,17). The smallest absolute Gasteiger partial charge is 0.295 e. The van der Waals surface area contributed by atoms with Crippen LogP contribution in [0.1, 0.15) is 25.7 Å². The molecule has 0 saturated heterocycles. The van der Waals surface area contributed by atoms with E-state index < -0.39 is 0 Å². The maximum atomic E-state index is 5.84. The van der Waals surface area contributed by atoms with Crippen LogP contribution < -0.4 is 11.1 Å². The van der Waals surface area contributed by atoms with E-state index in [2.05, 4.69) is 16.4 Å². The summed E-state index contributed by atoms with van der Waals surface area (Å²) in [4.78, 5) is 4.35. The number of aromatic nitrogens is 1. The number of benzene rings is 1. The van der Waals surface area contributed by atoms with Crippen LogP contribution in [0.15, 0.2) is 34.3 Å². The van der Waals surface area contributed by atoms with Crippen molar-refractivity contribution in [2.45, 2.75) is 25.7 Å². The molecular weight excluding hydrogens is 226 g/mol. The molecule has 0 radical (unpaired) electrons. The number of anilines is 2. The summed E-state index contributed by atoms with van der Waals surface area (Å²) in [7, 11) is 0. The Morgan fingerprint density at radius 2 is 2.33 bits per heavy atom. The molecule has 1 aromatic heterocycles. The molecule has 18 heavy (non-hydrogen) atoms. The zero-order valence-corrected chi connectivity index (χ0v) is 10.3. The van der Waals surface area contributed by atoms with Crippen LogP contribution in [0, 0.1) is 0 Å². The van der Waals surface area contributed by atoms with Crippen molar-refractivity contribution >= 4 is 22.8 Å². The fourth-order valence-corrected chi connectivity index (χ4v) is 2.34. The van der Waals surface area contributed by atoms with Gasteiger partial charge in [0, 0.05) is 6.54 Å². The highest BCUT2D eigenvalue weighted by Gasteiger charge is 2.08. The normalized spacial score (nSPS) is 15.0. The molecule has 0 spiro atoms. The van der Waals surface area contributed by atoms with Crippen LogP contribution in [0.4, 0.5) is 11.7 Å². The number of allylic oxidation sites excluding steroid dienone is 1. The molecule has 1 heterocycles. The second-order valence-electron chi connectivity index (χ2n) is 4.64. The van der Waals surface area contributed by atoms with Gasteiger partial charge in [0.1, 0.15) is 5.52 Å². The van der Waals surface area contributed by atoms with Crippen LogP contribution in [-0.2, 0) is 0 Å². The van der Waals surface area contributed by atoms with Gasteiger partial charge in [-0.15, -0.1) is 0 Å². The molecule has 0 saturated carbocycles. The first-order chi connectivity index (χ1) is 8.83. The number of nitrogens with zero attached hydrogens (tertiary/aromatic N) is 1. The van der Waals surface area contributed by atoms with Gasteiger partial charge < -0.3 is 15.5 Å². The first-order valence-electron chi connectivity index (χ1n) is 6.40. The molecule has 3 rings (SSSR count). The fraction of sp³-hybridized carbons (Fsp3) is 0.357. The highest BCUT2D eigenvalue weighted by atomic mass is 16.4. The Kier molecular flexibility index (Phi) is 2.92. The van der Waals surface area contributed by atoms with Gasteiger partial charge in [-0.1, -0.05) is 17.7 Å². The molecule has 0 aliphatic heterocycles. The zero-order chi connectivity index (χ0) is 12.4. The van der Waals surface area contributed by atoms with Gasteiger partial charge in [-0.05, 0) is 37.8 Å². The summed E-state index contributed by atoms with van der Waals surface area (Å²) in [6.45, 7) is 0.860. The lowest BCUT2D eigenvalue weighted by atomic mass is 10.2. The first-order valence-corrected chi connectivity index (χ1v) is 6.40. The number of rotatable bonds is 4. The van der Waals surface area contributed by atoms with Crippen LogP contribution in [0.25, 0.3) is 11.1 Å². The SMILES string of the molecule is Nc1cccc2oc(NCCC3=CCCC3)nc12. The van der Waals surface area contributed by atoms with Crippen LogP contribution in [0.3, 0.4) is 0 Å². The number of fused-ring (bicyclic) bond motifs is 1. The van der Waals surface area contributed by atoms with Crippen molar-refractivity contribution in [1.82, 2.24) is 4.98 Å².